The summed E-state index contributed by atoms with van der Waals surface area (Å²) in [6.07, 6.45) is 4.70. The molecule has 0 saturated carbocycles. The highest BCUT2D eigenvalue weighted by molar-refractivity contribution is 7.58. The zero-order chi connectivity index (χ0) is 23.1. The molecule has 2 aromatic rings. The van der Waals surface area contributed by atoms with Crippen LogP contribution in [0.15, 0.2) is 42.5 Å². The number of rotatable bonds is 5. The number of benzene rings is 2. The highest BCUT2D eigenvalue weighted by Gasteiger charge is 2.52. The summed E-state index contributed by atoms with van der Waals surface area (Å²) in [6.45, 7) is 13.2. The smallest absolute Gasteiger partial charge is 0.177 e. The van der Waals surface area contributed by atoms with E-state index in [1.165, 1.54) is 35.1 Å². The molecule has 2 aromatic carbocycles. The number of hydrogen-bond acceptors (Lipinski definition) is 4. The molecule has 4 nitrogen and oxygen atoms in total. The minimum absolute atomic E-state index is 0.215. The lowest BCUT2D eigenvalue weighted by Crippen LogP contribution is -2.33. The van der Waals surface area contributed by atoms with E-state index in [1.807, 2.05) is 7.05 Å². The summed E-state index contributed by atoms with van der Waals surface area (Å²) in [6, 6.07) is 15.4. The summed E-state index contributed by atoms with van der Waals surface area (Å²) >= 11 is 0. The van der Waals surface area contributed by atoms with Crippen molar-refractivity contribution >= 4 is 19.7 Å². The molecule has 2 aliphatic rings. The third-order valence-electron chi connectivity index (χ3n) is 7.18. The van der Waals surface area contributed by atoms with Crippen LogP contribution in [0.25, 0.3) is 11.6 Å². The monoisotopic (exact) mass is 454 g/mol. The molecule has 1 fully saturated rings. The Morgan fingerprint density at radius 2 is 1.72 bits per heavy atom. The van der Waals surface area contributed by atoms with Gasteiger partial charge in [0.25, 0.3) is 0 Å². The Morgan fingerprint density at radius 3 is 2.34 bits per heavy atom. The van der Waals surface area contributed by atoms with Crippen molar-refractivity contribution in [2.75, 3.05) is 20.2 Å². The van der Waals surface area contributed by atoms with E-state index in [0.29, 0.717) is 19.8 Å². The van der Waals surface area contributed by atoms with Crippen LogP contribution >= 0.6 is 8.09 Å². The van der Waals surface area contributed by atoms with Gasteiger partial charge in [-0.2, -0.15) is 13.9 Å². The molecule has 0 spiro atoms. The van der Waals surface area contributed by atoms with Gasteiger partial charge in [0.15, 0.2) is 0 Å². The molecule has 1 aliphatic carbocycles. The minimum Gasteiger partial charge on any atom is -0.177 e. The summed E-state index contributed by atoms with van der Waals surface area (Å²) < 4.78 is 12.9. The van der Waals surface area contributed by atoms with E-state index < -0.39 is 8.09 Å². The highest BCUT2D eigenvalue weighted by atomic mass is 31.2. The molecular weight excluding hydrogens is 417 g/mol. The van der Waals surface area contributed by atoms with E-state index in [0.717, 1.165) is 11.1 Å². The van der Waals surface area contributed by atoms with E-state index in [2.05, 4.69) is 83.2 Å². The van der Waals surface area contributed by atoms with Crippen LogP contribution in [-0.2, 0) is 26.5 Å². The average Bonchev–Trinajstić information content (AvgIpc) is 3.09. The van der Waals surface area contributed by atoms with Gasteiger partial charge in [-0.15, -0.1) is 4.67 Å². The zero-order valence-corrected chi connectivity index (χ0v) is 21.2. The number of fused-ring (bicyclic) bond motifs is 1. The van der Waals surface area contributed by atoms with E-state index in [-0.39, 0.29) is 10.8 Å². The number of likely N-dealkylation sites (N-methyl/N-ethyl adjacent to an activating group) is 1. The highest BCUT2D eigenvalue weighted by Crippen LogP contribution is 2.62. The molecule has 1 saturated heterocycles. The van der Waals surface area contributed by atoms with E-state index in [9.17, 15) is 4.89 Å². The number of nitrogens with zero attached hydrogens (tertiary/aromatic N) is 1. The SMILES string of the molecule is CC(=Cc1ccc(CO[P+]2(O)OCCN2C)cc1)c1ccc2c(c1)C(C)(C)CCC2(C)C. The maximum atomic E-state index is 10.5. The van der Waals surface area contributed by atoms with Gasteiger partial charge in [-0.25, -0.2) is 0 Å². The van der Waals surface area contributed by atoms with Crippen LogP contribution in [0.5, 0.6) is 0 Å². The Hall–Kier alpha value is -1.55. The lowest BCUT2D eigenvalue weighted by Gasteiger charge is -2.42. The molecule has 0 bridgehead atoms. The van der Waals surface area contributed by atoms with Gasteiger partial charge in [-0.1, -0.05) is 76.2 Å². The third kappa shape index (κ3) is 4.71. The first-order valence-electron chi connectivity index (χ1n) is 11.6. The summed E-state index contributed by atoms with van der Waals surface area (Å²) in [7, 11) is -1.03. The van der Waals surface area contributed by atoms with E-state index in [1.54, 1.807) is 4.67 Å². The standard InChI is InChI=1S/C27H37NO3P/c1-20(23-11-12-24-25(18-23)27(4,5)14-13-26(24,2)3)17-21-7-9-22(10-8-21)19-31-32(29)28(6)15-16-30-32/h7-12,17-18,29H,13-16,19H2,1-6H3/q+1. The Balaban J connectivity index is 1.50. The third-order valence-corrected chi connectivity index (χ3v) is 9.22. The molecule has 0 radical (unpaired) electrons. The van der Waals surface area contributed by atoms with Gasteiger partial charge in [0.05, 0.1) is 6.54 Å². The zero-order valence-electron chi connectivity index (χ0n) is 20.3. The van der Waals surface area contributed by atoms with Gasteiger partial charge in [0.1, 0.15) is 13.2 Å². The molecule has 32 heavy (non-hydrogen) atoms. The fourth-order valence-electron chi connectivity index (χ4n) is 4.69. The fraction of sp³-hybridized carbons (Fsp3) is 0.481. The van der Waals surface area contributed by atoms with Crippen LogP contribution < -0.4 is 0 Å². The first kappa shape index (κ1) is 23.6. The summed E-state index contributed by atoms with van der Waals surface area (Å²) in [5, 5.41) is 0. The van der Waals surface area contributed by atoms with Crippen molar-refractivity contribution in [2.45, 2.75) is 64.9 Å². The van der Waals surface area contributed by atoms with Crippen LogP contribution in [-0.4, -0.2) is 29.8 Å². The first-order valence-corrected chi connectivity index (χ1v) is 13.1. The van der Waals surface area contributed by atoms with Crippen LogP contribution in [0.4, 0.5) is 0 Å². The number of hydrogen-bond donors (Lipinski definition) is 1. The van der Waals surface area contributed by atoms with Crippen LogP contribution in [0.3, 0.4) is 0 Å². The summed E-state index contributed by atoms with van der Waals surface area (Å²) in [4.78, 5) is 10.5. The Morgan fingerprint density at radius 1 is 1.06 bits per heavy atom. The second-order valence-corrected chi connectivity index (χ2v) is 12.8. The maximum Gasteiger partial charge on any atom is 0.501 e. The second-order valence-electron chi connectivity index (χ2n) is 10.6. The fourth-order valence-corrected chi connectivity index (χ4v) is 6.13. The molecule has 1 unspecified atom stereocenters. The predicted octanol–water partition coefficient (Wildman–Crippen LogP) is 6.74. The van der Waals surface area contributed by atoms with Crippen LogP contribution in [0.1, 0.15) is 75.3 Å². The van der Waals surface area contributed by atoms with Gasteiger partial charge in [-0.05, 0) is 64.0 Å². The molecule has 1 heterocycles. The first-order chi connectivity index (χ1) is 15.0. The van der Waals surface area contributed by atoms with E-state index in [4.69, 9.17) is 9.05 Å². The Kier molecular flexibility index (Phi) is 6.39. The molecular formula is C27H37NO3P+. The van der Waals surface area contributed by atoms with Crippen molar-refractivity contribution in [1.82, 2.24) is 4.67 Å². The van der Waals surface area contributed by atoms with Gasteiger partial charge in [-0.3, -0.25) is 0 Å². The molecule has 1 atom stereocenters. The van der Waals surface area contributed by atoms with Crippen molar-refractivity contribution < 1.29 is 13.9 Å². The van der Waals surface area contributed by atoms with Crippen LogP contribution in [0, 0.1) is 0 Å². The van der Waals surface area contributed by atoms with Crippen molar-refractivity contribution in [1.29, 1.82) is 0 Å². The molecule has 1 aliphatic heterocycles. The topological polar surface area (TPSA) is 41.9 Å². The summed E-state index contributed by atoms with van der Waals surface area (Å²) in [5.74, 6) is 0. The van der Waals surface area contributed by atoms with Gasteiger partial charge in [0, 0.05) is 7.05 Å². The average molecular weight is 455 g/mol. The number of allylic oxidation sites excluding steroid dienone is 1. The Bertz CT molecular complexity index is 1010. The minimum atomic E-state index is -2.86. The summed E-state index contributed by atoms with van der Waals surface area (Å²) in [5.41, 5.74) is 8.18. The molecule has 4 rings (SSSR count). The normalized spacial score (nSPS) is 25.0. The van der Waals surface area contributed by atoms with Crippen molar-refractivity contribution in [2.24, 2.45) is 0 Å². The predicted molar refractivity (Wildman–Crippen MR) is 134 cm³/mol. The van der Waals surface area contributed by atoms with Gasteiger partial charge >= 0.3 is 8.09 Å². The quantitative estimate of drug-likeness (QED) is 0.401. The largest absolute Gasteiger partial charge is 0.501 e. The van der Waals surface area contributed by atoms with Crippen molar-refractivity contribution in [3.63, 3.8) is 0 Å². The van der Waals surface area contributed by atoms with Crippen molar-refractivity contribution in [3.8, 4) is 0 Å². The van der Waals surface area contributed by atoms with Gasteiger partial charge < -0.3 is 0 Å². The molecule has 1 N–H and O–H groups in total. The molecule has 172 valence electrons. The lowest BCUT2D eigenvalue weighted by atomic mass is 9.63. The molecule has 0 amide bonds. The molecule has 5 heteroatoms. The maximum absolute atomic E-state index is 10.5. The Labute approximate surface area is 193 Å². The molecule has 0 aromatic heterocycles. The van der Waals surface area contributed by atoms with Gasteiger partial charge in [0.2, 0.25) is 0 Å². The van der Waals surface area contributed by atoms with E-state index >= 15 is 0 Å². The van der Waals surface area contributed by atoms with Crippen LogP contribution in [0.2, 0.25) is 0 Å². The van der Waals surface area contributed by atoms with Crippen molar-refractivity contribution in [3.05, 3.63) is 70.3 Å². The second kappa shape index (κ2) is 8.66. The lowest BCUT2D eigenvalue weighted by molar-refractivity contribution is 0.177.